The Bertz CT molecular complexity index is 487. The molecule has 0 bridgehead atoms. The van der Waals surface area contributed by atoms with E-state index in [4.69, 9.17) is 0 Å². The molecule has 0 aromatic rings. The molecule has 2 heterocycles. The van der Waals surface area contributed by atoms with Crippen LogP contribution in [0, 0.1) is 5.92 Å². The smallest absolute Gasteiger partial charge is 0.281 e. The number of nitrogens with one attached hydrogen (secondary N) is 1. The van der Waals surface area contributed by atoms with Crippen molar-refractivity contribution in [1.29, 1.82) is 0 Å². The van der Waals surface area contributed by atoms with Gasteiger partial charge in [-0.2, -0.15) is 17.0 Å². The largest absolute Gasteiger partial charge is 0.353 e. The van der Waals surface area contributed by atoms with Gasteiger partial charge in [0.15, 0.2) is 0 Å². The molecule has 0 aromatic carbocycles. The van der Waals surface area contributed by atoms with Crippen molar-refractivity contribution in [2.45, 2.75) is 64.8 Å². The van der Waals surface area contributed by atoms with Gasteiger partial charge in [-0.15, -0.1) is 0 Å². The van der Waals surface area contributed by atoms with Crippen molar-refractivity contribution in [2.24, 2.45) is 5.92 Å². The van der Waals surface area contributed by atoms with Crippen molar-refractivity contribution in [1.82, 2.24) is 13.9 Å². The highest BCUT2D eigenvalue weighted by Gasteiger charge is 2.36. The first-order chi connectivity index (χ1) is 10.9. The first kappa shape index (κ1) is 18.7. The highest BCUT2D eigenvalue weighted by Crippen LogP contribution is 2.23. The number of carbonyl (C=O) groups is 1. The molecule has 0 radical (unpaired) electrons. The molecule has 6 nitrogen and oxygen atoms in total. The summed E-state index contributed by atoms with van der Waals surface area (Å²) in [6, 6.07) is 0.139. The van der Waals surface area contributed by atoms with Gasteiger partial charge >= 0.3 is 0 Å². The first-order valence-electron chi connectivity index (χ1n) is 9.00. The normalized spacial score (nSPS) is 26.4. The molecule has 2 aliphatic heterocycles. The number of nitrogens with zero attached hydrogens (tertiary/aromatic N) is 2. The van der Waals surface area contributed by atoms with E-state index < -0.39 is 10.2 Å². The maximum atomic E-state index is 12.9. The van der Waals surface area contributed by atoms with E-state index in [1.165, 1.54) is 4.31 Å². The predicted molar refractivity (Wildman–Crippen MR) is 91.2 cm³/mol. The van der Waals surface area contributed by atoms with E-state index in [9.17, 15) is 13.2 Å². The molecule has 0 aliphatic carbocycles. The van der Waals surface area contributed by atoms with Crippen molar-refractivity contribution in [3.05, 3.63) is 0 Å². The lowest BCUT2D eigenvalue weighted by Gasteiger charge is -2.35. The lowest BCUT2D eigenvalue weighted by Crippen LogP contribution is -2.51. The summed E-state index contributed by atoms with van der Waals surface area (Å²) < 4.78 is 28.9. The van der Waals surface area contributed by atoms with E-state index in [2.05, 4.69) is 5.32 Å². The van der Waals surface area contributed by atoms with Gasteiger partial charge in [0.2, 0.25) is 5.91 Å². The van der Waals surface area contributed by atoms with Crippen LogP contribution in [-0.4, -0.2) is 55.2 Å². The van der Waals surface area contributed by atoms with Crippen LogP contribution in [-0.2, 0) is 15.0 Å². The van der Waals surface area contributed by atoms with E-state index in [0.717, 1.165) is 44.9 Å². The van der Waals surface area contributed by atoms with Gasteiger partial charge in [0.05, 0.1) is 5.92 Å². The number of carbonyl (C=O) groups excluding carboxylic acids is 1. The lowest BCUT2D eigenvalue weighted by molar-refractivity contribution is -0.126. The molecular formula is C16H31N3O3S. The van der Waals surface area contributed by atoms with Crippen LogP contribution in [0.1, 0.15) is 58.8 Å². The number of rotatable bonds is 5. The summed E-state index contributed by atoms with van der Waals surface area (Å²) in [7, 11) is -3.42. The summed E-state index contributed by atoms with van der Waals surface area (Å²) in [4.78, 5) is 12.3. The Morgan fingerprint density at radius 2 is 1.70 bits per heavy atom. The number of amides is 1. The average Bonchev–Trinajstić information content (AvgIpc) is 2.84. The summed E-state index contributed by atoms with van der Waals surface area (Å²) in [5.74, 6) is -0.227. The predicted octanol–water partition coefficient (Wildman–Crippen LogP) is 1.73. The maximum absolute atomic E-state index is 12.9. The van der Waals surface area contributed by atoms with Gasteiger partial charge in [-0.05, 0) is 39.0 Å². The molecule has 1 N–H and O–H groups in total. The van der Waals surface area contributed by atoms with Crippen molar-refractivity contribution < 1.29 is 13.2 Å². The van der Waals surface area contributed by atoms with Crippen LogP contribution in [0.4, 0.5) is 0 Å². The number of piperidine rings is 1. The Hall–Kier alpha value is -0.660. The zero-order chi connectivity index (χ0) is 16.9. The minimum absolute atomic E-state index is 0.00452. The van der Waals surface area contributed by atoms with Crippen molar-refractivity contribution in [3.63, 3.8) is 0 Å². The molecule has 2 atom stereocenters. The molecule has 0 unspecified atom stereocenters. The topological polar surface area (TPSA) is 69.7 Å². The van der Waals surface area contributed by atoms with Gasteiger partial charge in [0.1, 0.15) is 0 Å². The molecule has 1 amide bonds. The van der Waals surface area contributed by atoms with Gasteiger partial charge < -0.3 is 5.32 Å². The quantitative estimate of drug-likeness (QED) is 0.825. The van der Waals surface area contributed by atoms with Crippen LogP contribution in [0.25, 0.3) is 0 Å². The summed E-state index contributed by atoms with van der Waals surface area (Å²) in [5, 5.41) is 2.99. The fraction of sp³-hybridized carbons (Fsp3) is 0.938. The first-order valence-corrected chi connectivity index (χ1v) is 10.4. The minimum Gasteiger partial charge on any atom is -0.353 e. The van der Waals surface area contributed by atoms with Crippen LogP contribution >= 0.6 is 0 Å². The minimum atomic E-state index is -3.42. The molecule has 23 heavy (non-hydrogen) atoms. The van der Waals surface area contributed by atoms with E-state index >= 15 is 0 Å². The molecule has 2 fully saturated rings. The molecule has 2 rings (SSSR count). The number of hydrogen-bond donors (Lipinski definition) is 1. The fourth-order valence-corrected chi connectivity index (χ4v) is 5.04. The van der Waals surface area contributed by atoms with Gasteiger partial charge in [0.25, 0.3) is 10.2 Å². The molecule has 134 valence electrons. The van der Waals surface area contributed by atoms with Gasteiger partial charge in [-0.3, -0.25) is 4.79 Å². The van der Waals surface area contributed by atoms with E-state index in [1.54, 1.807) is 4.31 Å². The third kappa shape index (κ3) is 4.90. The Balaban J connectivity index is 2.00. The second-order valence-electron chi connectivity index (χ2n) is 6.84. The average molecular weight is 346 g/mol. The van der Waals surface area contributed by atoms with Crippen LogP contribution in [0.3, 0.4) is 0 Å². The monoisotopic (exact) mass is 345 g/mol. The third-order valence-corrected chi connectivity index (χ3v) is 6.98. The summed E-state index contributed by atoms with van der Waals surface area (Å²) in [6.45, 7) is 6.09. The fourth-order valence-electron chi connectivity index (χ4n) is 3.26. The summed E-state index contributed by atoms with van der Waals surface area (Å²) >= 11 is 0. The van der Waals surface area contributed by atoms with Crippen molar-refractivity contribution >= 4 is 16.1 Å². The highest BCUT2D eigenvalue weighted by molar-refractivity contribution is 7.86. The Kier molecular flexibility index (Phi) is 6.85. The van der Waals surface area contributed by atoms with Gasteiger partial charge in [0, 0.05) is 32.2 Å². The second-order valence-corrected chi connectivity index (χ2v) is 8.76. The van der Waals surface area contributed by atoms with Crippen LogP contribution in [0.15, 0.2) is 0 Å². The molecular weight excluding hydrogens is 314 g/mol. The standard InChI is InChI=1S/C16H31N3O3S/c1-3-14(2)17-16(20)15-9-8-12-19(13-15)23(21,22)18-10-6-4-5-7-11-18/h14-15H,3-13H2,1-2H3,(H,17,20)/t14-,15-/m1/s1. The lowest BCUT2D eigenvalue weighted by atomic mass is 9.98. The van der Waals surface area contributed by atoms with E-state index in [0.29, 0.717) is 26.2 Å². The highest BCUT2D eigenvalue weighted by atomic mass is 32.2. The Morgan fingerprint density at radius 3 is 2.30 bits per heavy atom. The zero-order valence-electron chi connectivity index (χ0n) is 14.5. The van der Waals surface area contributed by atoms with Crippen LogP contribution in [0.2, 0.25) is 0 Å². The van der Waals surface area contributed by atoms with Gasteiger partial charge in [-0.25, -0.2) is 0 Å². The van der Waals surface area contributed by atoms with Gasteiger partial charge in [-0.1, -0.05) is 19.8 Å². The Morgan fingerprint density at radius 1 is 1.09 bits per heavy atom. The SMILES string of the molecule is CC[C@@H](C)NC(=O)[C@@H]1CCCN(S(=O)(=O)N2CCCCCC2)C1. The van der Waals surface area contributed by atoms with E-state index in [1.807, 2.05) is 13.8 Å². The molecule has 7 heteroatoms. The number of hydrogen-bond acceptors (Lipinski definition) is 3. The van der Waals surface area contributed by atoms with E-state index in [-0.39, 0.29) is 17.9 Å². The maximum Gasteiger partial charge on any atom is 0.281 e. The second kappa shape index (κ2) is 8.44. The van der Waals surface area contributed by atoms with Crippen molar-refractivity contribution in [3.8, 4) is 0 Å². The third-order valence-electron chi connectivity index (χ3n) is 4.97. The van der Waals surface area contributed by atoms with Crippen LogP contribution < -0.4 is 5.32 Å². The van der Waals surface area contributed by atoms with Crippen LogP contribution in [0.5, 0.6) is 0 Å². The summed E-state index contributed by atoms with van der Waals surface area (Å²) in [6.07, 6.45) is 6.49. The zero-order valence-corrected chi connectivity index (χ0v) is 15.3. The molecule has 0 spiro atoms. The van der Waals surface area contributed by atoms with Crippen molar-refractivity contribution in [2.75, 3.05) is 26.2 Å². The molecule has 2 aliphatic rings. The Labute approximate surface area is 140 Å². The molecule has 0 saturated carbocycles. The molecule has 2 saturated heterocycles. The summed E-state index contributed by atoms with van der Waals surface area (Å²) in [5.41, 5.74) is 0. The molecule has 0 aromatic heterocycles.